The number of likely N-dealkylation sites (N-methyl/N-ethyl adjacent to an activating group) is 1. The van der Waals surface area contributed by atoms with Crippen LogP contribution in [0, 0.1) is 0 Å². The smallest absolute Gasteiger partial charge is 0.243 e. The van der Waals surface area contributed by atoms with E-state index in [0.29, 0.717) is 6.42 Å². The van der Waals surface area contributed by atoms with Crippen LogP contribution >= 0.6 is 15.9 Å². The molecule has 0 heterocycles. The minimum atomic E-state index is -3.98. The lowest BCUT2D eigenvalue weighted by Gasteiger charge is -2.33. The Labute approximate surface area is 262 Å². The fourth-order valence-corrected chi connectivity index (χ4v) is 7.23. The SMILES string of the molecule is CN(CC(=O)N(Cc1cccc(Br)c1)[C@@H](Cc1ccccc1)C(=O)NC1CCCC1)S(=O)(=O)c1ccc2ccccc2c1. The number of halogens is 1. The molecular weight excluding hydrogens is 626 g/mol. The normalized spacial score (nSPS) is 14.6. The van der Waals surface area contributed by atoms with Gasteiger partial charge in [-0.2, -0.15) is 4.31 Å². The molecule has 4 aromatic rings. The number of benzene rings is 4. The lowest BCUT2D eigenvalue weighted by atomic mass is 10.0. The van der Waals surface area contributed by atoms with Crippen molar-refractivity contribution >= 4 is 48.5 Å². The number of hydrogen-bond donors (Lipinski definition) is 1. The van der Waals surface area contributed by atoms with Gasteiger partial charge in [-0.3, -0.25) is 9.59 Å². The van der Waals surface area contributed by atoms with Crippen LogP contribution in [-0.4, -0.2) is 55.1 Å². The van der Waals surface area contributed by atoms with E-state index in [1.165, 1.54) is 11.9 Å². The minimum Gasteiger partial charge on any atom is -0.352 e. The minimum absolute atomic E-state index is 0.0737. The summed E-state index contributed by atoms with van der Waals surface area (Å²) in [5.41, 5.74) is 1.74. The fourth-order valence-electron chi connectivity index (χ4n) is 5.63. The van der Waals surface area contributed by atoms with Gasteiger partial charge in [0.05, 0.1) is 11.4 Å². The molecule has 1 N–H and O–H groups in total. The molecule has 1 atom stereocenters. The Morgan fingerprint density at radius 1 is 0.860 bits per heavy atom. The van der Waals surface area contributed by atoms with Crippen LogP contribution in [0.1, 0.15) is 36.8 Å². The Balaban J connectivity index is 1.46. The highest BCUT2D eigenvalue weighted by molar-refractivity contribution is 9.10. The van der Waals surface area contributed by atoms with Crippen LogP contribution in [0.5, 0.6) is 0 Å². The van der Waals surface area contributed by atoms with Gasteiger partial charge in [0.25, 0.3) is 0 Å². The zero-order valence-electron chi connectivity index (χ0n) is 24.2. The fraction of sp³-hybridized carbons (Fsp3) is 0.294. The monoisotopic (exact) mass is 661 g/mol. The standard InChI is InChI=1S/C34H36BrN3O4S/c1-37(43(41,42)31-19-18-27-13-5-6-14-28(27)22-31)24-33(39)38(23-26-12-9-15-29(35)20-26)32(21-25-10-3-2-4-11-25)34(40)36-30-16-7-8-17-30/h2-6,9-15,18-20,22,30,32H,7-8,16-17,21,23-24H2,1H3,(H,36,40)/t32-/m0/s1. The molecule has 9 heteroatoms. The summed E-state index contributed by atoms with van der Waals surface area (Å²) in [5.74, 6) is -0.673. The van der Waals surface area contributed by atoms with Gasteiger partial charge in [0.15, 0.2) is 0 Å². The van der Waals surface area contributed by atoms with Crippen LogP contribution in [0.15, 0.2) is 106 Å². The first-order valence-corrected chi connectivity index (χ1v) is 16.8. The number of sulfonamides is 1. The molecule has 0 saturated heterocycles. The van der Waals surface area contributed by atoms with E-state index in [4.69, 9.17) is 0 Å². The van der Waals surface area contributed by atoms with Gasteiger partial charge in [-0.25, -0.2) is 8.42 Å². The quantitative estimate of drug-likeness (QED) is 0.216. The molecule has 0 aliphatic heterocycles. The maximum atomic E-state index is 14.1. The molecule has 43 heavy (non-hydrogen) atoms. The van der Waals surface area contributed by atoms with Crippen LogP contribution in [0.3, 0.4) is 0 Å². The van der Waals surface area contributed by atoms with Gasteiger partial charge in [-0.1, -0.05) is 102 Å². The van der Waals surface area contributed by atoms with Gasteiger partial charge in [-0.15, -0.1) is 0 Å². The average molecular weight is 663 g/mol. The lowest BCUT2D eigenvalue weighted by molar-refractivity contribution is -0.141. The Kier molecular flexibility index (Phi) is 9.95. The largest absolute Gasteiger partial charge is 0.352 e. The maximum Gasteiger partial charge on any atom is 0.243 e. The van der Waals surface area contributed by atoms with Crippen LogP contribution in [0.4, 0.5) is 0 Å². The van der Waals surface area contributed by atoms with Crippen molar-refractivity contribution in [3.05, 3.63) is 113 Å². The van der Waals surface area contributed by atoms with Crippen molar-refractivity contribution in [3.63, 3.8) is 0 Å². The summed E-state index contributed by atoms with van der Waals surface area (Å²) >= 11 is 3.51. The maximum absolute atomic E-state index is 14.1. The van der Waals surface area contributed by atoms with E-state index in [0.717, 1.165) is 56.4 Å². The summed E-state index contributed by atoms with van der Waals surface area (Å²) in [4.78, 5) is 29.7. The number of rotatable bonds is 11. The molecule has 0 spiro atoms. The predicted molar refractivity (Wildman–Crippen MR) is 173 cm³/mol. The van der Waals surface area contributed by atoms with Crippen LogP contribution < -0.4 is 5.32 Å². The topological polar surface area (TPSA) is 86.8 Å². The van der Waals surface area contributed by atoms with Crippen molar-refractivity contribution in [2.24, 2.45) is 0 Å². The van der Waals surface area contributed by atoms with E-state index in [1.807, 2.05) is 78.9 Å². The lowest BCUT2D eigenvalue weighted by Crippen LogP contribution is -2.54. The molecule has 1 aliphatic rings. The van der Waals surface area contributed by atoms with E-state index in [9.17, 15) is 18.0 Å². The second kappa shape index (κ2) is 13.8. The molecule has 2 amide bonds. The van der Waals surface area contributed by atoms with Crippen molar-refractivity contribution in [2.45, 2.75) is 55.6 Å². The molecule has 7 nitrogen and oxygen atoms in total. The molecule has 0 unspecified atom stereocenters. The van der Waals surface area contributed by atoms with Gasteiger partial charge in [-0.05, 0) is 59.0 Å². The number of amides is 2. The molecular formula is C34H36BrN3O4S. The van der Waals surface area contributed by atoms with Crippen molar-refractivity contribution in [1.29, 1.82) is 0 Å². The summed E-state index contributed by atoms with van der Waals surface area (Å²) in [6.07, 6.45) is 4.26. The van der Waals surface area contributed by atoms with E-state index >= 15 is 0 Å². The summed E-state index contributed by atoms with van der Waals surface area (Å²) in [7, 11) is -2.58. The van der Waals surface area contributed by atoms with Crippen molar-refractivity contribution in [3.8, 4) is 0 Å². The molecule has 0 radical (unpaired) electrons. The summed E-state index contributed by atoms with van der Waals surface area (Å²) in [6, 6.07) is 28.9. The first-order valence-electron chi connectivity index (χ1n) is 14.5. The number of hydrogen-bond acceptors (Lipinski definition) is 4. The first kappa shape index (κ1) is 30.9. The van der Waals surface area contributed by atoms with Crippen LogP contribution in [-0.2, 0) is 32.6 Å². The molecule has 224 valence electrons. The first-order chi connectivity index (χ1) is 20.7. The Bertz CT molecular complexity index is 1690. The molecule has 0 bridgehead atoms. The summed E-state index contributed by atoms with van der Waals surface area (Å²) < 4.78 is 29.2. The number of fused-ring (bicyclic) bond motifs is 1. The third-order valence-corrected chi connectivity index (χ3v) is 10.3. The molecule has 5 rings (SSSR count). The van der Waals surface area contributed by atoms with Crippen molar-refractivity contribution in [1.82, 2.24) is 14.5 Å². The van der Waals surface area contributed by atoms with Gasteiger partial charge in [0, 0.05) is 30.5 Å². The van der Waals surface area contributed by atoms with E-state index < -0.39 is 28.5 Å². The third-order valence-electron chi connectivity index (χ3n) is 8.00. The Morgan fingerprint density at radius 2 is 1.53 bits per heavy atom. The molecule has 0 aromatic heterocycles. The Hall–Kier alpha value is -3.53. The molecule has 1 saturated carbocycles. The van der Waals surface area contributed by atoms with Gasteiger partial charge >= 0.3 is 0 Å². The summed E-state index contributed by atoms with van der Waals surface area (Å²) in [6.45, 7) is -0.261. The molecule has 4 aromatic carbocycles. The molecule has 1 aliphatic carbocycles. The predicted octanol–water partition coefficient (Wildman–Crippen LogP) is 5.92. The van der Waals surface area contributed by atoms with Crippen LogP contribution in [0.25, 0.3) is 10.8 Å². The number of carbonyl (C=O) groups excluding carboxylic acids is 2. The highest BCUT2D eigenvalue weighted by atomic mass is 79.9. The van der Waals surface area contributed by atoms with Gasteiger partial charge < -0.3 is 10.2 Å². The third kappa shape index (κ3) is 7.71. The highest BCUT2D eigenvalue weighted by Crippen LogP contribution is 2.24. The number of nitrogens with zero attached hydrogens (tertiary/aromatic N) is 2. The number of nitrogens with one attached hydrogen (secondary N) is 1. The van der Waals surface area contributed by atoms with Crippen LogP contribution in [0.2, 0.25) is 0 Å². The zero-order valence-corrected chi connectivity index (χ0v) is 26.6. The Morgan fingerprint density at radius 3 is 2.26 bits per heavy atom. The van der Waals surface area contributed by atoms with E-state index in [-0.39, 0.29) is 23.4 Å². The molecule has 1 fully saturated rings. The second-order valence-electron chi connectivity index (χ2n) is 11.1. The summed E-state index contributed by atoms with van der Waals surface area (Å²) in [5, 5.41) is 4.91. The van der Waals surface area contributed by atoms with Gasteiger partial charge in [0.1, 0.15) is 6.04 Å². The van der Waals surface area contributed by atoms with Crippen molar-refractivity contribution < 1.29 is 18.0 Å². The van der Waals surface area contributed by atoms with Crippen molar-refractivity contribution in [2.75, 3.05) is 13.6 Å². The van der Waals surface area contributed by atoms with Gasteiger partial charge in [0.2, 0.25) is 21.8 Å². The number of carbonyl (C=O) groups is 2. The average Bonchev–Trinajstić information content (AvgIpc) is 3.52. The highest BCUT2D eigenvalue weighted by Gasteiger charge is 2.34. The van der Waals surface area contributed by atoms with E-state index in [1.54, 1.807) is 18.2 Å². The zero-order chi connectivity index (χ0) is 30.4. The second-order valence-corrected chi connectivity index (χ2v) is 14.1. The van der Waals surface area contributed by atoms with E-state index in [2.05, 4.69) is 21.2 Å².